The number of para-hydroxylation sites is 4. The summed E-state index contributed by atoms with van der Waals surface area (Å²) in [6, 6.07) is 84.1. The first kappa shape index (κ1) is 45.4. The predicted octanol–water partition coefficient (Wildman–Crippen LogP) is 18.3. The maximum absolute atomic E-state index is 6.93. The molecule has 0 saturated heterocycles. The fourth-order valence-electron chi connectivity index (χ4n) is 12.6. The SMILES string of the molecule is CC(C)(C)c1ccnc(-n2c3[c-]c(Oc4[c-]c(N5[CH-]N6c7c(-c8ccccc8)cccc7-c7ccccc7-c7cccc5c76)ccc4)ccc3c3c4c(ccc32)-n2c3ccccc3c3cccc(c32)-c2ccccc2-4)c1.[Pt]. The standard InChI is InChI=1S/C70H46N5O.Pt/c1-70(2,3)44-37-38-71-64(39-44)74-60-35-36-61-65(53-25-10-9-23-51(53)55-28-15-29-57-52-24-11-12-31-59(52)75(61)68(55)57)66(60)58-34-33-47(41-63(58)74)76-46-20-13-19-45(40-46)72-42-73-67-48(43-17-5-4-6-18-43)26-14-27-54(67)49-21-7-8-22-50(49)56-30-16-32-62(72)69(56)73;/h4-39,42H,1-3H3;/q-3;. The largest absolute Gasteiger partial charge is 0.509 e. The Morgan fingerprint density at radius 1 is 0.468 bits per heavy atom. The third-order valence-electron chi connectivity index (χ3n) is 15.9. The summed E-state index contributed by atoms with van der Waals surface area (Å²) in [5, 5.41) is 4.68. The van der Waals surface area contributed by atoms with Crippen molar-refractivity contribution in [1.29, 1.82) is 0 Å². The van der Waals surface area contributed by atoms with Crippen LogP contribution in [0.3, 0.4) is 0 Å². The van der Waals surface area contributed by atoms with Gasteiger partial charge in [0.15, 0.2) is 0 Å². The maximum Gasteiger partial charge on any atom is 0.135 e. The van der Waals surface area contributed by atoms with Crippen molar-refractivity contribution in [2.45, 2.75) is 26.2 Å². The van der Waals surface area contributed by atoms with Crippen LogP contribution in [0, 0.1) is 18.8 Å². The van der Waals surface area contributed by atoms with Gasteiger partial charge in [-0.2, -0.15) is 12.1 Å². The molecule has 6 heterocycles. The average Bonchev–Trinajstić information content (AvgIpc) is 4.31. The van der Waals surface area contributed by atoms with E-state index in [2.05, 4.69) is 265 Å². The van der Waals surface area contributed by atoms with Gasteiger partial charge in [-0.25, -0.2) is 4.98 Å². The van der Waals surface area contributed by atoms with Gasteiger partial charge in [-0.3, -0.25) is 0 Å². The molecule has 10 aromatic carbocycles. The summed E-state index contributed by atoms with van der Waals surface area (Å²) in [4.78, 5) is 9.74. The van der Waals surface area contributed by atoms with Gasteiger partial charge in [-0.05, 0) is 80.6 Å². The van der Waals surface area contributed by atoms with Crippen molar-refractivity contribution in [2.24, 2.45) is 0 Å². The van der Waals surface area contributed by atoms with Gasteiger partial charge in [-0.1, -0.05) is 172 Å². The topological polar surface area (TPSA) is 38.5 Å². The second kappa shape index (κ2) is 17.0. The molecule has 0 saturated carbocycles. The third kappa shape index (κ3) is 6.68. The van der Waals surface area contributed by atoms with E-state index in [1.807, 2.05) is 12.3 Å². The van der Waals surface area contributed by atoms with Crippen LogP contribution < -0.4 is 14.5 Å². The van der Waals surface area contributed by atoms with Crippen molar-refractivity contribution >= 4 is 66.4 Å². The van der Waals surface area contributed by atoms with Crippen molar-refractivity contribution in [2.75, 3.05) is 9.80 Å². The van der Waals surface area contributed by atoms with Crippen molar-refractivity contribution in [3.63, 3.8) is 0 Å². The molecule has 0 atom stereocenters. The number of benzene rings is 10. The molecule has 0 amide bonds. The van der Waals surface area contributed by atoms with Crippen molar-refractivity contribution in [1.82, 2.24) is 14.1 Å². The monoisotopic (exact) mass is 1170 g/mol. The van der Waals surface area contributed by atoms with Crippen LogP contribution in [0.4, 0.5) is 22.7 Å². The minimum atomic E-state index is -0.0984. The summed E-state index contributed by atoms with van der Waals surface area (Å²) < 4.78 is 11.7. The molecule has 0 fully saturated rings. The molecule has 3 aromatic heterocycles. The predicted molar refractivity (Wildman–Crippen MR) is 312 cm³/mol. The van der Waals surface area contributed by atoms with Crippen LogP contribution in [-0.2, 0) is 26.5 Å². The molecule has 6 nitrogen and oxygen atoms in total. The minimum absolute atomic E-state index is 0. The Bertz CT molecular complexity index is 4600. The zero-order chi connectivity index (χ0) is 50.4. The zero-order valence-corrected chi connectivity index (χ0v) is 44.6. The maximum atomic E-state index is 6.93. The molecular formula is C70H46N5OPt-3. The van der Waals surface area contributed by atoms with E-state index in [1.54, 1.807) is 0 Å². The minimum Gasteiger partial charge on any atom is -0.509 e. The molecule has 0 radical (unpaired) electrons. The Morgan fingerprint density at radius 2 is 1.12 bits per heavy atom. The van der Waals surface area contributed by atoms with E-state index < -0.39 is 0 Å². The Balaban J connectivity index is 0.00000518. The van der Waals surface area contributed by atoms with Gasteiger partial charge in [0.1, 0.15) is 5.82 Å². The van der Waals surface area contributed by atoms with Crippen LogP contribution in [0.2, 0.25) is 0 Å². The number of hydrogen-bond donors (Lipinski definition) is 0. The van der Waals surface area contributed by atoms with E-state index in [1.165, 1.54) is 83.0 Å². The first-order chi connectivity index (χ1) is 37.4. The van der Waals surface area contributed by atoms with Crippen molar-refractivity contribution in [3.8, 4) is 78.6 Å². The molecule has 0 aliphatic carbocycles. The number of nitrogens with zero attached hydrogens (tertiary/aromatic N) is 5. The smallest absolute Gasteiger partial charge is 0.135 e. The van der Waals surface area contributed by atoms with E-state index in [0.29, 0.717) is 11.5 Å². The second-order valence-corrected chi connectivity index (χ2v) is 21.2. The molecular weight excluding hydrogens is 1120 g/mol. The summed E-state index contributed by atoms with van der Waals surface area (Å²) in [5.74, 6) is 1.99. The summed E-state index contributed by atoms with van der Waals surface area (Å²) in [7, 11) is 0. The van der Waals surface area contributed by atoms with E-state index >= 15 is 0 Å². The third-order valence-corrected chi connectivity index (χ3v) is 15.9. The van der Waals surface area contributed by atoms with Gasteiger partial charge in [0.05, 0.1) is 16.7 Å². The summed E-state index contributed by atoms with van der Waals surface area (Å²) in [6.45, 7) is 8.97. The molecule has 0 N–H and O–H groups in total. The van der Waals surface area contributed by atoms with Crippen LogP contribution in [-0.4, -0.2) is 14.1 Å². The number of rotatable bonds is 5. The summed E-state index contributed by atoms with van der Waals surface area (Å²) in [6.07, 6.45) is 1.94. The van der Waals surface area contributed by atoms with Gasteiger partial charge >= 0.3 is 0 Å². The first-order valence-electron chi connectivity index (χ1n) is 26.0. The molecule has 13 aromatic rings. The Morgan fingerprint density at radius 3 is 1.94 bits per heavy atom. The van der Waals surface area contributed by atoms with Crippen LogP contribution in [0.15, 0.2) is 219 Å². The van der Waals surface area contributed by atoms with E-state index in [-0.39, 0.29) is 26.5 Å². The van der Waals surface area contributed by atoms with Gasteiger partial charge in [0.2, 0.25) is 0 Å². The number of anilines is 4. The molecule has 77 heavy (non-hydrogen) atoms. The molecule has 370 valence electrons. The fourth-order valence-corrected chi connectivity index (χ4v) is 12.6. The van der Waals surface area contributed by atoms with Crippen molar-refractivity contribution in [3.05, 3.63) is 243 Å². The normalized spacial score (nSPS) is 12.9. The Kier molecular flexibility index (Phi) is 10.0. The fraction of sp³-hybridized carbons (Fsp3) is 0.0571. The molecule has 3 aliphatic rings. The average molecular weight is 1170 g/mol. The van der Waals surface area contributed by atoms with Gasteiger partial charge in [0.25, 0.3) is 0 Å². The van der Waals surface area contributed by atoms with Crippen LogP contribution in [0.1, 0.15) is 26.3 Å². The Labute approximate surface area is 461 Å². The molecule has 0 bridgehead atoms. The zero-order valence-electron chi connectivity index (χ0n) is 42.3. The summed E-state index contributed by atoms with van der Waals surface area (Å²) >= 11 is 0. The molecule has 7 heteroatoms. The van der Waals surface area contributed by atoms with Crippen molar-refractivity contribution < 1.29 is 25.8 Å². The number of aromatic nitrogens is 3. The van der Waals surface area contributed by atoms with Gasteiger partial charge in [-0.15, -0.1) is 48.1 Å². The van der Waals surface area contributed by atoms with E-state index in [9.17, 15) is 0 Å². The quantitative estimate of drug-likeness (QED) is 0.161. The molecule has 3 aliphatic heterocycles. The number of pyridine rings is 1. The van der Waals surface area contributed by atoms with Gasteiger partial charge in [0, 0.05) is 99.9 Å². The van der Waals surface area contributed by atoms with E-state index in [0.717, 1.165) is 56.1 Å². The van der Waals surface area contributed by atoms with Crippen LogP contribution in [0.25, 0.3) is 111 Å². The number of ether oxygens (including phenoxy) is 1. The summed E-state index contributed by atoms with van der Waals surface area (Å²) in [5.41, 5.74) is 22.7. The van der Waals surface area contributed by atoms with Gasteiger partial charge < -0.3 is 23.7 Å². The molecule has 0 unspecified atom stereocenters. The van der Waals surface area contributed by atoms with Crippen LogP contribution >= 0.6 is 0 Å². The van der Waals surface area contributed by atoms with E-state index in [4.69, 9.17) is 9.72 Å². The Hall–Kier alpha value is -8.96. The number of fused-ring (bicyclic) bond motifs is 17. The molecule has 16 rings (SSSR count). The first-order valence-corrected chi connectivity index (χ1v) is 26.0. The molecule has 0 spiro atoms. The second-order valence-electron chi connectivity index (χ2n) is 21.2. The van der Waals surface area contributed by atoms with Crippen LogP contribution in [0.5, 0.6) is 11.5 Å². The number of hydrogen-bond acceptors (Lipinski definition) is 4.